The van der Waals surface area contributed by atoms with Crippen LogP contribution in [-0.2, 0) is 0 Å². The van der Waals surface area contributed by atoms with Crippen molar-refractivity contribution in [2.75, 3.05) is 20.0 Å². The van der Waals surface area contributed by atoms with Crippen LogP contribution >= 0.6 is 0 Å². The van der Waals surface area contributed by atoms with E-state index in [-0.39, 0.29) is 5.88 Å². The number of nitrogen functional groups attached to an aromatic ring is 1. The zero-order valence-corrected chi connectivity index (χ0v) is 13.4. The van der Waals surface area contributed by atoms with Gasteiger partial charge in [-0.3, -0.25) is 0 Å². The summed E-state index contributed by atoms with van der Waals surface area (Å²) in [6, 6.07) is 14.8. The number of nitrogens with two attached hydrogens (primary N) is 1. The van der Waals surface area contributed by atoms with Gasteiger partial charge in [-0.1, -0.05) is 24.3 Å². The van der Waals surface area contributed by atoms with Crippen molar-refractivity contribution >= 4 is 5.69 Å². The first-order valence-corrected chi connectivity index (χ1v) is 7.28. The van der Waals surface area contributed by atoms with Crippen LogP contribution in [0.15, 0.2) is 54.9 Å². The summed E-state index contributed by atoms with van der Waals surface area (Å²) in [5.74, 6) is 2.12. The Labute approximate surface area is 139 Å². The first-order valence-electron chi connectivity index (χ1n) is 7.28. The van der Waals surface area contributed by atoms with E-state index in [4.69, 9.17) is 19.9 Å². The molecular weight excluding hydrogens is 306 g/mol. The molecule has 3 aromatic rings. The Hall–Kier alpha value is -3.28. The minimum atomic E-state index is 0.271. The molecule has 1 aromatic heterocycles. The third-order valence-electron chi connectivity index (χ3n) is 3.47. The van der Waals surface area contributed by atoms with Crippen molar-refractivity contribution in [3.05, 3.63) is 54.9 Å². The summed E-state index contributed by atoms with van der Waals surface area (Å²) in [6.07, 6.45) is 1.41. The summed E-state index contributed by atoms with van der Waals surface area (Å²) < 4.78 is 16.3. The molecule has 0 radical (unpaired) electrons. The maximum atomic E-state index is 6.21. The summed E-state index contributed by atoms with van der Waals surface area (Å²) in [4.78, 5) is 8.40. The van der Waals surface area contributed by atoms with Crippen molar-refractivity contribution in [1.82, 2.24) is 9.97 Å². The maximum Gasteiger partial charge on any atom is 0.246 e. The zero-order valence-electron chi connectivity index (χ0n) is 13.4. The molecule has 3 rings (SSSR count). The smallest absolute Gasteiger partial charge is 0.246 e. The van der Waals surface area contributed by atoms with Gasteiger partial charge in [0.1, 0.15) is 23.5 Å². The minimum absolute atomic E-state index is 0.271. The molecule has 0 fully saturated rings. The Morgan fingerprint density at radius 1 is 0.875 bits per heavy atom. The second-order valence-electron chi connectivity index (χ2n) is 4.93. The van der Waals surface area contributed by atoms with Gasteiger partial charge in [-0.15, -0.1) is 0 Å². The molecule has 0 aliphatic rings. The Balaban J connectivity index is 1.99. The van der Waals surface area contributed by atoms with E-state index in [9.17, 15) is 0 Å². The van der Waals surface area contributed by atoms with Gasteiger partial charge in [0.05, 0.1) is 14.2 Å². The van der Waals surface area contributed by atoms with E-state index < -0.39 is 0 Å². The van der Waals surface area contributed by atoms with E-state index in [0.717, 1.165) is 11.3 Å². The van der Waals surface area contributed by atoms with Crippen LogP contribution in [0.3, 0.4) is 0 Å². The highest BCUT2D eigenvalue weighted by Crippen LogP contribution is 2.36. The monoisotopic (exact) mass is 323 g/mol. The van der Waals surface area contributed by atoms with Gasteiger partial charge in [0, 0.05) is 5.56 Å². The molecule has 0 saturated carbocycles. The van der Waals surface area contributed by atoms with E-state index in [0.29, 0.717) is 22.9 Å². The molecule has 0 aliphatic carbocycles. The standard InChI is InChI=1S/C18H17N3O3/c1-22-13-7-5-6-12(10-13)17-16(19)18(21-11-20-17)24-15-9-4-3-8-14(15)23-2/h3-11H,19H2,1-2H3. The van der Waals surface area contributed by atoms with E-state index in [1.54, 1.807) is 26.4 Å². The lowest BCUT2D eigenvalue weighted by Gasteiger charge is -2.12. The molecule has 0 aliphatic heterocycles. The molecule has 0 saturated heterocycles. The minimum Gasteiger partial charge on any atom is -0.497 e. The number of aromatic nitrogens is 2. The number of ether oxygens (including phenoxy) is 3. The van der Waals surface area contributed by atoms with Crippen LogP contribution in [-0.4, -0.2) is 24.2 Å². The zero-order chi connectivity index (χ0) is 16.9. The van der Waals surface area contributed by atoms with E-state index in [1.807, 2.05) is 36.4 Å². The number of anilines is 1. The summed E-state index contributed by atoms with van der Waals surface area (Å²) in [5, 5.41) is 0. The number of hydrogen-bond donors (Lipinski definition) is 1. The topological polar surface area (TPSA) is 79.5 Å². The van der Waals surface area contributed by atoms with Crippen molar-refractivity contribution in [3.8, 4) is 34.4 Å². The number of methoxy groups -OCH3 is 2. The van der Waals surface area contributed by atoms with Gasteiger partial charge >= 0.3 is 0 Å². The highest BCUT2D eigenvalue weighted by atomic mass is 16.5. The predicted molar refractivity (Wildman–Crippen MR) is 91.5 cm³/mol. The van der Waals surface area contributed by atoms with Gasteiger partial charge in [0.15, 0.2) is 11.5 Å². The molecular formula is C18H17N3O3. The van der Waals surface area contributed by atoms with Crippen LogP contribution in [0.25, 0.3) is 11.3 Å². The molecule has 0 amide bonds. The molecule has 24 heavy (non-hydrogen) atoms. The molecule has 0 bridgehead atoms. The largest absolute Gasteiger partial charge is 0.497 e. The second kappa shape index (κ2) is 6.87. The van der Waals surface area contributed by atoms with Gasteiger partial charge in [-0.05, 0) is 24.3 Å². The molecule has 122 valence electrons. The Morgan fingerprint density at radius 2 is 1.67 bits per heavy atom. The van der Waals surface area contributed by atoms with Crippen LogP contribution in [0.5, 0.6) is 23.1 Å². The SMILES string of the molecule is COc1cccc(-c2ncnc(Oc3ccccc3OC)c2N)c1. The van der Waals surface area contributed by atoms with Gasteiger partial charge in [0.25, 0.3) is 0 Å². The quantitative estimate of drug-likeness (QED) is 0.773. The van der Waals surface area contributed by atoms with E-state index in [2.05, 4.69) is 9.97 Å². The van der Waals surface area contributed by atoms with E-state index >= 15 is 0 Å². The fourth-order valence-corrected chi connectivity index (χ4v) is 2.27. The third-order valence-corrected chi connectivity index (χ3v) is 3.47. The first-order chi connectivity index (χ1) is 11.7. The van der Waals surface area contributed by atoms with Crippen LogP contribution in [0.1, 0.15) is 0 Å². The Kier molecular flexibility index (Phi) is 4.47. The summed E-state index contributed by atoms with van der Waals surface area (Å²) in [5.41, 5.74) is 7.95. The Morgan fingerprint density at radius 3 is 2.42 bits per heavy atom. The van der Waals surface area contributed by atoms with Crippen LogP contribution in [0.4, 0.5) is 5.69 Å². The fraction of sp³-hybridized carbons (Fsp3) is 0.111. The number of hydrogen-bond acceptors (Lipinski definition) is 6. The molecule has 0 spiro atoms. The predicted octanol–water partition coefficient (Wildman–Crippen LogP) is 3.54. The van der Waals surface area contributed by atoms with Gasteiger partial charge in [0.2, 0.25) is 5.88 Å². The molecule has 0 atom stereocenters. The number of rotatable bonds is 5. The highest BCUT2D eigenvalue weighted by Gasteiger charge is 2.14. The van der Waals surface area contributed by atoms with Crippen molar-refractivity contribution in [1.29, 1.82) is 0 Å². The second-order valence-corrected chi connectivity index (χ2v) is 4.93. The lowest BCUT2D eigenvalue weighted by Crippen LogP contribution is -2.01. The van der Waals surface area contributed by atoms with Crippen molar-refractivity contribution < 1.29 is 14.2 Å². The van der Waals surface area contributed by atoms with Crippen LogP contribution < -0.4 is 19.9 Å². The average Bonchev–Trinajstić information content (AvgIpc) is 2.64. The number of nitrogens with zero attached hydrogens (tertiary/aromatic N) is 2. The van der Waals surface area contributed by atoms with Gasteiger partial charge < -0.3 is 19.9 Å². The summed E-state index contributed by atoms with van der Waals surface area (Å²) in [6.45, 7) is 0. The lowest BCUT2D eigenvalue weighted by atomic mass is 10.1. The maximum absolute atomic E-state index is 6.21. The van der Waals surface area contributed by atoms with Crippen molar-refractivity contribution in [3.63, 3.8) is 0 Å². The van der Waals surface area contributed by atoms with Crippen molar-refractivity contribution in [2.45, 2.75) is 0 Å². The molecule has 2 aromatic carbocycles. The molecule has 6 heteroatoms. The first kappa shape index (κ1) is 15.6. The number of benzene rings is 2. The Bertz CT molecular complexity index is 852. The normalized spacial score (nSPS) is 10.2. The van der Waals surface area contributed by atoms with Crippen LogP contribution in [0, 0.1) is 0 Å². The van der Waals surface area contributed by atoms with Gasteiger partial charge in [-0.2, -0.15) is 4.98 Å². The molecule has 0 unspecified atom stereocenters. The summed E-state index contributed by atoms with van der Waals surface area (Å²) >= 11 is 0. The lowest BCUT2D eigenvalue weighted by molar-refractivity contribution is 0.374. The van der Waals surface area contributed by atoms with Crippen LogP contribution in [0.2, 0.25) is 0 Å². The third kappa shape index (κ3) is 3.08. The average molecular weight is 323 g/mol. The van der Waals surface area contributed by atoms with Crippen molar-refractivity contribution in [2.24, 2.45) is 0 Å². The summed E-state index contributed by atoms with van der Waals surface area (Å²) in [7, 11) is 3.19. The highest BCUT2D eigenvalue weighted by molar-refractivity contribution is 5.76. The fourth-order valence-electron chi connectivity index (χ4n) is 2.27. The molecule has 2 N–H and O–H groups in total. The molecule has 1 heterocycles. The molecule has 6 nitrogen and oxygen atoms in total. The number of para-hydroxylation sites is 2. The van der Waals surface area contributed by atoms with E-state index in [1.165, 1.54) is 6.33 Å². The van der Waals surface area contributed by atoms with Gasteiger partial charge in [-0.25, -0.2) is 4.98 Å².